The van der Waals surface area contributed by atoms with E-state index in [0.717, 1.165) is 11.3 Å². The fourth-order valence-corrected chi connectivity index (χ4v) is 4.30. The van der Waals surface area contributed by atoms with Crippen LogP contribution in [0.3, 0.4) is 0 Å². The molecule has 0 saturated heterocycles. The Morgan fingerprint density at radius 3 is 2.32 bits per heavy atom. The molecule has 3 aromatic rings. The van der Waals surface area contributed by atoms with Gasteiger partial charge in [-0.1, -0.05) is 51.1 Å². The third-order valence-electron chi connectivity index (χ3n) is 5.02. The Hall–Kier alpha value is -3.15. The zero-order valence-electron chi connectivity index (χ0n) is 18.0. The zero-order valence-corrected chi connectivity index (χ0v) is 18.8. The molecule has 0 atom stereocenters. The van der Waals surface area contributed by atoms with E-state index < -0.39 is 10.0 Å². The van der Waals surface area contributed by atoms with Crippen LogP contribution in [0.25, 0.3) is 5.69 Å². The number of para-hydroxylation sites is 1. The largest absolute Gasteiger partial charge is 0.382 e. The average Bonchev–Trinajstić information content (AvgIpc) is 3.06. The maximum Gasteiger partial charge on any atom is 0.240 e. The van der Waals surface area contributed by atoms with Gasteiger partial charge in [0, 0.05) is 6.54 Å². The molecule has 162 valence electrons. The molecule has 0 spiro atoms. The highest BCUT2D eigenvalue weighted by Crippen LogP contribution is 2.24. The van der Waals surface area contributed by atoms with Crippen LogP contribution in [-0.4, -0.2) is 24.7 Å². The fraction of sp³-hybridized carbons (Fsp3) is 0.304. The molecule has 0 unspecified atom stereocenters. The Labute approximate surface area is 183 Å². The Morgan fingerprint density at radius 2 is 1.74 bits per heavy atom. The number of nitrogens with one attached hydrogen (secondary N) is 1. The predicted octanol–water partition coefficient (Wildman–Crippen LogP) is 3.53. The second-order valence-corrected chi connectivity index (χ2v) is 10.1. The minimum atomic E-state index is -3.60. The van der Waals surface area contributed by atoms with E-state index in [-0.39, 0.29) is 22.7 Å². The van der Waals surface area contributed by atoms with Crippen LogP contribution in [0.15, 0.2) is 59.5 Å². The minimum Gasteiger partial charge on any atom is -0.382 e. The Bertz CT molecular complexity index is 1190. The van der Waals surface area contributed by atoms with Crippen LogP contribution in [0.5, 0.6) is 0 Å². The zero-order chi connectivity index (χ0) is 22.6. The number of anilines is 1. The Balaban J connectivity index is 1.65. The maximum atomic E-state index is 12.6. The number of sulfonamides is 1. The summed E-state index contributed by atoms with van der Waals surface area (Å²) < 4.78 is 29.3. The van der Waals surface area contributed by atoms with E-state index in [1.807, 2.05) is 42.5 Å². The van der Waals surface area contributed by atoms with Gasteiger partial charge in [-0.25, -0.2) is 17.8 Å². The van der Waals surface area contributed by atoms with Gasteiger partial charge in [0.2, 0.25) is 10.0 Å². The van der Waals surface area contributed by atoms with Crippen LogP contribution in [0, 0.1) is 11.3 Å². The van der Waals surface area contributed by atoms with Crippen LogP contribution in [0.2, 0.25) is 0 Å². The number of benzene rings is 2. The lowest BCUT2D eigenvalue weighted by molar-refractivity contribution is 0.576. The van der Waals surface area contributed by atoms with Crippen molar-refractivity contribution < 1.29 is 8.42 Å². The van der Waals surface area contributed by atoms with Crippen LogP contribution < -0.4 is 10.5 Å². The van der Waals surface area contributed by atoms with Crippen LogP contribution in [-0.2, 0) is 21.9 Å². The average molecular weight is 438 g/mol. The highest BCUT2D eigenvalue weighted by Gasteiger charge is 2.19. The van der Waals surface area contributed by atoms with Crippen molar-refractivity contribution in [3.63, 3.8) is 0 Å². The maximum absolute atomic E-state index is 12.6. The number of hydrogen-bond acceptors (Lipinski definition) is 5. The van der Waals surface area contributed by atoms with Gasteiger partial charge in [0.1, 0.15) is 17.5 Å². The van der Waals surface area contributed by atoms with Gasteiger partial charge in [0.05, 0.1) is 16.3 Å². The number of aryl methyl sites for hydroxylation is 1. The number of hydrogen-bond donors (Lipinski definition) is 2. The van der Waals surface area contributed by atoms with Crippen molar-refractivity contribution in [2.75, 3.05) is 12.3 Å². The van der Waals surface area contributed by atoms with Gasteiger partial charge in [-0.15, -0.1) is 0 Å². The van der Waals surface area contributed by atoms with Gasteiger partial charge in [-0.3, -0.25) is 0 Å². The van der Waals surface area contributed by atoms with Gasteiger partial charge < -0.3 is 5.73 Å². The normalized spacial score (nSPS) is 11.9. The molecule has 0 saturated carbocycles. The van der Waals surface area contributed by atoms with Gasteiger partial charge in [0.15, 0.2) is 0 Å². The molecule has 0 radical (unpaired) electrons. The van der Waals surface area contributed by atoms with Crippen molar-refractivity contribution in [1.82, 2.24) is 14.5 Å². The first-order valence-electron chi connectivity index (χ1n) is 10.1. The molecular weight excluding hydrogens is 410 g/mol. The van der Waals surface area contributed by atoms with E-state index in [9.17, 15) is 13.7 Å². The summed E-state index contributed by atoms with van der Waals surface area (Å²) in [7, 11) is -3.60. The lowest BCUT2D eigenvalue weighted by atomic mass is 9.87. The van der Waals surface area contributed by atoms with Gasteiger partial charge >= 0.3 is 0 Å². The standard InChI is InChI=1S/C23H27N5O2S/c1-23(2,3)17-11-13-19(14-12-17)31(29,30)26-15-7-10-21-20(16-24)22(25)28(27-21)18-8-5-4-6-9-18/h4-6,8-9,11-14,26H,7,10,15,25H2,1-3H3. The second kappa shape index (κ2) is 8.92. The van der Waals surface area contributed by atoms with E-state index >= 15 is 0 Å². The Morgan fingerprint density at radius 1 is 1.10 bits per heavy atom. The minimum absolute atomic E-state index is 0.0425. The van der Waals surface area contributed by atoms with Crippen molar-refractivity contribution in [1.29, 1.82) is 5.26 Å². The molecule has 7 nitrogen and oxygen atoms in total. The number of nitriles is 1. The number of nitrogen functional groups attached to an aromatic ring is 1. The third-order valence-corrected chi connectivity index (χ3v) is 6.50. The quantitative estimate of drug-likeness (QED) is 0.549. The molecule has 8 heteroatoms. The number of rotatable bonds is 7. The molecule has 0 aliphatic heterocycles. The van der Waals surface area contributed by atoms with E-state index in [1.54, 1.807) is 12.1 Å². The number of nitrogens with zero attached hydrogens (tertiary/aromatic N) is 3. The smallest absolute Gasteiger partial charge is 0.240 e. The highest BCUT2D eigenvalue weighted by molar-refractivity contribution is 7.89. The molecule has 0 aliphatic carbocycles. The first-order chi connectivity index (χ1) is 14.6. The van der Waals surface area contributed by atoms with E-state index in [1.165, 1.54) is 4.68 Å². The van der Waals surface area contributed by atoms with Crippen molar-refractivity contribution in [2.24, 2.45) is 0 Å². The van der Waals surface area contributed by atoms with Crippen LogP contribution in [0.1, 0.15) is 44.0 Å². The molecule has 1 heterocycles. The molecule has 2 aromatic carbocycles. The first kappa shape index (κ1) is 22.5. The highest BCUT2D eigenvalue weighted by atomic mass is 32.2. The van der Waals surface area contributed by atoms with Crippen molar-refractivity contribution >= 4 is 15.8 Å². The summed E-state index contributed by atoms with van der Waals surface area (Å²) in [6.45, 7) is 6.47. The Kier molecular flexibility index (Phi) is 6.48. The molecule has 31 heavy (non-hydrogen) atoms. The van der Waals surface area contributed by atoms with E-state index in [0.29, 0.717) is 24.1 Å². The summed E-state index contributed by atoms with van der Waals surface area (Å²) in [5, 5.41) is 13.9. The SMILES string of the molecule is CC(C)(C)c1ccc(S(=O)(=O)NCCCc2nn(-c3ccccc3)c(N)c2C#N)cc1. The molecule has 3 N–H and O–H groups in total. The van der Waals surface area contributed by atoms with Gasteiger partial charge in [-0.2, -0.15) is 10.4 Å². The summed E-state index contributed by atoms with van der Waals surface area (Å²) in [5.74, 6) is 0.281. The van der Waals surface area contributed by atoms with E-state index in [4.69, 9.17) is 5.73 Å². The third kappa shape index (κ3) is 5.13. The molecule has 0 amide bonds. The second-order valence-electron chi connectivity index (χ2n) is 8.34. The van der Waals surface area contributed by atoms with Crippen molar-refractivity contribution in [3.05, 3.63) is 71.4 Å². The topological polar surface area (TPSA) is 114 Å². The van der Waals surface area contributed by atoms with Crippen LogP contribution in [0.4, 0.5) is 5.82 Å². The molecular formula is C23H27N5O2S. The first-order valence-corrected chi connectivity index (χ1v) is 11.5. The van der Waals surface area contributed by atoms with Crippen molar-refractivity contribution in [2.45, 2.75) is 43.9 Å². The summed E-state index contributed by atoms with van der Waals surface area (Å²) in [6.07, 6.45) is 0.914. The van der Waals surface area contributed by atoms with Gasteiger partial charge in [0.25, 0.3) is 0 Å². The summed E-state index contributed by atoms with van der Waals surface area (Å²) in [4.78, 5) is 0.232. The monoisotopic (exact) mass is 437 g/mol. The molecule has 0 fully saturated rings. The summed E-state index contributed by atoms with van der Waals surface area (Å²) >= 11 is 0. The van der Waals surface area contributed by atoms with Crippen LogP contribution >= 0.6 is 0 Å². The lowest BCUT2D eigenvalue weighted by Crippen LogP contribution is -2.25. The summed E-state index contributed by atoms with van der Waals surface area (Å²) in [6, 6.07) is 18.4. The molecule has 0 bridgehead atoms. The van der Waals surface area contributed by atoms with Crippen molar-refractivity contribution in [3.8, 4) is 11.8 Å². The number of nitrogens with two attached hydrogens (primary N) is 1. The van der Waals surface area contributed by atoms with E-state index in [2.05, 4.69) is 36.7 Å². The fourth-order valence-electron chi connectivity index (χ4n) is 3.22. The molecule has 0 aliphatic rings. The molecule has 3 rings (SSSR count). The molecule has 1 aromatic heterocycles. The predicted molar refractivity (Wildman–Crippen MR) is 121 cm³/mol. The van der Waals surface area contributed by atoms with Gasteiger partial charge in [-0.05, 0) is 48.1 Å². The lowest BCUT2D eigenvalue weighted by Gasteiger charge is -2.19. The number of aromatic nitrogens is 2. The summed E-state index contributed by atoms with van der Waals surface area (Å²) in [5.41, 5.74) is 8.78.